The normalized spacial score (nSPS) is 10.2. The van der Waals surface area contributed by atoms with E-state index in [1.165, 1.54) is 14.2 Å². The monoisotopic (exact) mass is 266 g/mol. The summed E-state index contributed by atoms with van der Waals surface area (Å²) in [6, 6.07) is 5.48. The fraction of sp³-hybridized carbons (Fsp3) is 0.429. The average Bonchev–Trinajstić information content (AvgIpc) is 2.45. The van der Waals surface area contributed by atoms with Crippen molar-refractivity contribution in [2.24, 2.45) is 0 Å². The van der Waals surface area contributed by atoms with Gasteiger partial charge in [-0.15, -0.1) is 0 Å². The van der Waals surface area contributed by atoms with Gasteiger partial charge in [0.15, 0.2) is 6.29 Å². The Morgan fingerprint density at radius 1 is 1.26 bits per heavy atom. The fourth-order valence-electron chi connectivity index (χ4n) is 1.74. The molecule has 0 aliphatic heterocycles. The average molecular weight is 266 g/mol. The van der Waals surface area contributed by atoms with Gasteiger partial charge < -0.3 is 14.2 Å². The van der Waals surface area contributed by atoms with Crippen molar-refractivity contribution in [3.63, 3.8) is 0 Å². The Kier molecular flexibility index (Phi) is 6.78. The SMILES string of the molecule is COCOCc1cccc(CCC(=O)OC)c1C=O. The van der Waals surface area contributed by atoms with Crippen molar-refractivity contribution < 1.29 is 23.8 Å². The van der Waals surface area contributed by atoms with Crippen LogP contribution in [0.1, 0.15) is 27.9 Å². The van der Waals surface area contributed by atoms with Crippen LogP contribution in [0.2, 0.25) is 0 Å². The number of hydrogen-bond donors (Lipinski definition) is 0. The minimum atomic E-state index is -0.294. The molecule has 0 aromatic heterocycles. The maximum atomic E-state index is 11.2. The minimum Gasteiger partial charge on any atom is -0.469 e. The third kappa shape index (κ3) is 4.81. The zero-order valence-electron chi connectivity index (χ0n) is 11.2. The van der Waals surface area contributed by atoms with E-state index in [1.807, 2.05) is 18.2 Å². The molecule has 1 aromatic carbocycles. The first-order valence-corrected chi connectivity index (χ1v) is 5.92. The molecule has 0 saturated heterocycles. The van der Waals surface area contributed by atoms with Gasteiger partial charge in [-0.1, -0.05) is 18.2 Å². The van der Waals surface area contributed by atoms with Crippen LogP contribution in [0.4, 0.5) is 0 Å². The van der Waals surface area contributed by atoms with Gasteiger partial charge in [-0.3, -0.25) is 9.59 Å². The Labute approximate surface area is 112 Å². The molecule has 0 aliphatic rings. The van der Waals surface area contributed by atoms with Gasteiger partial charge in [0, 0.05) is 19.1 Å². The molecule has 19 heavy (non-hydrogen) atoms. The van der Waals surface area contributed by atoms with Crippen molar-refractivity contribution in [2.75, 3.05) is 21.0 Å². The first kappa shape index (κ1) is 15.3. The molecule has 0 bridgehead atoms. The minimum absolute atomic E-state index is 0.171. The summed E-state index contributed by atoms with van der Waals surface area (Å²) in [7, 11) is 2.88. The standard InChI is InChI=1S/C14H18O5/c1-17-10-19-9-12-5-3-4-11(13(12)8-15)6-7-14(16)18-2/h3-5,8H,6-7,9-10H2,1-2H3. The van der Waals surface area contributed by atoms with Crippen LogP contribution in [0.3, 0.4) is 0 Å². The summed E-state index contributed by atoms with van der Waals surface area (Å²) >= 11 is 0. The molecule has 0 saturated carbocycles. The van der Waals surface area contributed by atoms with Gasteiger partial charge in [-0.05, 0) is 17.5 Å². The summed E-state index contributed by atoms with van der Waals surface area (Å²) in [5.41, 5.74) is 2.18. The van der Waals surface area contributed by atoms with Crippen molar-refractivity contribution >= 4 is 12.3 Å². The molecule has 0 fully saturated rings. The second-order valence-electron chi connectivity index (χ2n) is 3.94. The fourth-order valence-corrected chi connectivity index (χ4v) is 1.74. The lowest BCUT2D eigenvalue weighted by Gasteiger charge is -2.10. The molecular weight excluding hydrogens is 248 g/mol. The highest BCUT2D eigenvalue weighted by molar-refractivity contribution is 5.80. The van der Waals surface area contributed by atoms with E-state index >= 15 is 0 Å². The quantitative estimate of drug-likeness (QED) is 0.310. The highest BCUT2D eigenvalue weighted by Crippen LogP contribution is 2.16. The van der Waals surface area contributed by atoms with E-state index in [0.717, 1.165) is 17.4 Å². The number of carbonyl (C=O) groups is 2. The largest absolute Gasteiger partial charge is 0.469 e. The third-order valence-corrected chi connectivity index (χ3v) is 2.69. The number of carbonyl (C=O) groups excluding carboxylic acids is 2. The number of esters is 1. The van der Waals surface area contributed by atoms with Gasteiger partial charge >= 0.3 is 5.97 Å². The molecule has 0 N–H and O–H groups in total. The number of methoxy groups -OCH3 is 2. The summed E-state index contributed by atoms with van der Waals surface area (Å²) in [5.74, 6) is -0.294. The van der Waals surface area contributed by atoms with Crippen molar-refractivity contribution in [3.8, 4) is 0 Å². The van der Waals surface area contributed by atoms with E-state index in [9.17, 15) is 9.59 Å². The Hall–Kier alpha value is -1.72. The Morgan fingerprint density at radius 3 is 2.63 bits per heavy atom. The number of hydrogen-bond acceptors (Lipinski definition) is 5. The predicted molar refractivity (Wildman–Crippen MR) is 68.8 cm³/mol. The van der Waals surface area contributed by atoms with Gasteiger partial charge in [-0.2, -0.15) is 0 Å². The van der Waals surface area contributed by atoms with Crippen molar-refractivity contribution in [1.82, 2.24) is 0 Å². The lowest BCUT2D eigenvalue weighted by Crippen LogP contribution is -2.06. The molecule has 0 heterocycles. The highest BCUT2D eigenvalue weighted by Gasteiger charge is 2.10. The van der Waals surface area contributed by atoms with Crippen LogP contribution in [0, 0.1) is 0 Å². The lowest BCUT2D eigenvalue weighted by atomic mass is 9.99. The number of aldehydes is 1. The van der Waals surface area contributed by atoms with Crippen LogP contribution < -0.4 is 0 Å². The maximum Gasteiger partial charge on any atom is 0.305 e. The summed E-state index contributed by atoms with van der Waals surface area (Å²) in [6.45, 7) is 0.471. The number of ether oxygens (including phenoxy) is 3. The molecule has 5 heteroatoms. The van der Waals surface area contributed by atoms with E-state index in [-0.39, 0.29) is 19.2 Å². The molecule has 0 spiro atoms. The van der Waals surface area contributed by atoms with E-state index in [0.29, 0.717) is 18.6 Å². The molecule has 0 unspecified atom stereocenters. The van der Waals surface area contributed by atoms with Gasteiger partial charge in [0.05, 0.1) is 13.7 Å². The predicted octanol–water partition coefficient (Wildman–Crippen LogP) is 1.73. The van der Waals surface area contributed by atoms with E-state index in [4.69, 9.17) is 9.47 Å². The van der Waals surface area contributed by atoms with Crippen molar-refractivity contribution in [3.05, 3.63) is 34.9 Å². The van der Waals surface area contributed by atoms with Gasteiger partial charge in [0.2, 0.25) is 0 Å². The van der Waals surface area contributed by atoms with Crippen LogP contribution in [-0.4, -0.2) is 33.3 Å². The van der Waals surface area contributed by atoms with Crippen LogP contribution >= 0.6 is 0 Å². The van der Waals surface area contributed by atoms with E-state index < -0.39 is 0 Å². The Balaban J connectivity index is 2.77. The van der Waals surface area contributed by atoms with Crippen LogP contribution in [0.5, 0.6) is 0 Å². The zero-order chi connectivity index (χ0) is 14.1. The number of benzene rings is 1. The molecule has 5 nitrogen and oxygen atoms in total. The molecule has 0 atom stereocenters. The molecule has 0 radical (unpaired) electrons. The summed E-state index contributed by atoms with van der Waals surface area (Å²) in [4.78, 5) is 22.3. The van der Waals surface area contributed by atoms with E-state index in [2.05, 4.69) is 4.74 Å². The third-order valence-electron chi connectivity index (χ3n) is 2.69. The smallest absolute Gasteiger partial charge is 0.305 e. The van der Waals surface area contributed by atoms with Crippen molar-refractivity contribution in [2.45, 2.75) is 19.4 Å². The second kappa shape index (κ2) is 8.39. The van der Waals surface area contributed by atoms with Crippen LogP contribution in [-0.2, 0) is 32.0 Å². The molecule has 0 amide bonds. The summed E-state index contributed by atoms with van der Waals surface area (Å²) < 4.78 is 14.6. The van der Waals surface area contributed by atoms with Crippen LogP contribution in [0.25, 0.3) is 0 Å². The van der Waals surface area contributed by atoms with Gasteiger partial charge in [-0.25, -0.2) is 0 Å². The molecule has 1 aromatic rings. The van der Waals surface area contributed by atoms with Gasteiger partial charge in [0.25, 0.3) is 0 Å². The Morgan fingerprint density at radius 2 is 2.00 bits per heavy atom. The lowest BCUT2D eigenvalue weighted by molar-refractivity contribution is -0.140. The summed E-state index contributed by atoms with van der Waals surface area (Å²) in [5, 5.41) is 0. The zero-order valence-corrected chi connectivity index (χ0v) is 11.2. The molecule has 104 valence electrons. The highest BCUT2D eigenvalue weighted by atomic mass is 16.7. The number of aryl methyl sites for hydroxylation is 1. The molecule has 1 rings (SSSR count). The van der Waals surface area contributed by atoms with Crippen molar-refractivity contribution in [1.29, 1.82) is 0 Å². The van der Waals surface area contributed by atoms with Gasteiger partial charge in [0.1, 0.15) is 6.79 Å². The second-order valence-corrected chi connectivity index (χ2v) is 3.94. The first-order chi connectivity index (χ1) is 9.22. The van der Waals surface area contributed by atoms with E-state index in [1.54, 1.807) is 0 Å². The first-order valence-electron chi connectivity index (χ1n) is 5.92. The topological polar surface area (TPSA) is 61.8 Å². The maximum absolute atomic E-state index is 11.2. The summed E-state index contributed by atoms with van der Waals surface area (Å²) in [6.07, 6.45) is 1.51. The number of rotatable bonds is 8. The molecular formula is C14H18O5. The van der Waals surface area contributed by atoms with Crippen LogP contribution in [0.15, 0.2) is 18.2 Å². The Bertz CT molecular complexity index is 428. The molecule has 0 aliphatic carbocycles.